The summed E-state index contributed by atoms with van der Waals surface area (Å²) < 4.78 is 0. The molecular weight excluding hydrogens is 92.1 g/mol. The maximum atomic E-state index is 3.94. The lowest BCUT2D eigenvalue weighted by molar-refractivity contribution is 0.755. The van der Waals surface area contributed by atoms with Crippen molar-refractivity contribution in [2.75, 3.05) is 13.1 Å². The zero-order valence-electron chi connectivity index (χ0n) is 4.15. The first-order valence-corrected chi connectivity index (χ1v) is 2.22. The van der Waals surface area contributed by atoms with Gasteiger partial charge in [0.25, 0.3) is 0 Å². The SMILES string of the molecule is C1=NCCCN1.O. The van der Waals surface area contributed by atoms with Crippen molar-refractivity contribution < 1.29 is 5.48 Å². The molecule has 1 heterocycles. The molecule has 0 saturated heterocycles. The van der Waals surface area contributed by atoms with Crippen LogP contribution in [0.15, 0.2) is 4.99 Å². The molecule has 0 aliphatic carbocycles. The lowest BCUT2D eigenvalue weighted by atomic mass is 10.4. The number of nitrogens with one attached hydrogen (secondary N) is 1. The maximum absolute atomic E-state index is 3.94. The van der Waals surface area contributed by atoms with Crippen molar-refractivity contribution in [3.05, 3.63) is 0 Å². The van der Waals surface area contributed by atoms with E-state index in [2.05, 4.69) is 10.3 Å². The molecular formula is C4H10N2O. The van der Waals surface area contributed by atoms with Crippen LogP contribution in [0.4, 0.5) is 0 Å². The van der Waals surface area contributed by atoms with Gasteiger partial charge in [0.1, 0.15) is 0 Å². The van der Waals surface area contributed by atoms with Gasteiger partial charge in [0.05, 0.1) is 6.34 Å². The number of rotatable bonds is 0. The fourth-order valence-corrected chi connectivity index (χ4v) is 0.466. The second kappa shape index (κ2) is 3.61. The third-order valence-electron chi connectivity index (χ3n) is 0.791. The zero-order chi connectivity index (χ0) is 4.24. The summed E-state index contributed by atoms with van der Waals surface area (Å²) in [7, 11) is 0. The minimum Gasteiger partial charge on any atom is -0.412 e. The van der Waals surface area contributed by atoms with E-state index in [0.29, 0.717) is 0 Å². The van der Waals surface area contributed by atoms with Crippen LogP contribution in [0.1, 0.15) is 6.42 Å². The lowest BCUT2D eigenvalue weighted by Gasteiger charge is -2.01. The first kappa shape index (κ1) is 6.43. The van der Waals surface area contributed by atoms with Crippen molar-refractivity contribution in [3.63, 3.8) is 0 Å². The van der Waals surface area contributed by atoms with Gasteiger partial charge in [-0.25, -0.2) is 0 Å². The van der Waals surface area contributed by atoms with Crippen molar-refractivity contribution in [1.82, 2.24) is 5.32 Å². The van der Waals surface area contributed by atoms with Gasteiger partial charge in [-0.15, -0.1) is 0 Å². The van der Waals surface area contributed by atoms with Crippen molar-refractivity contribution >= 4 is 6.34 Å². The van der Waals surface area contributed by atoms with Crippen LogP contribution in [-0.2, 0) is 0 Å². The van der Waals surface area contributed by atoms with Crippen molar-refractivity contribution in [2.24, 2.45) is 4.99 Å². The monoisotopic (exact) mass is 102 g/mol. The maximum Gasteiger partial charge on any atom is 0.0823 e. The minimum absolute atomic E-state index is 0. The van der Waals surface area contributed by atoms with E-state index in [1.54, 1.807) is 6.34 Å². The van der Waals surface area contributed by atoms with Gasteiger partial charge in [-0.05, 0) is 6.42 Å². The van der Waals surface area contributed by atoms with Gasteiger partial charge in [-0.3, -0.25) is 4.99 Å². The highest BCUT2D eigenvalue weighted by Gasteiger charge is 1.85. The molecule has 0 aromatic carbocycles. The second-order valence-corrected chi connectivity index (χ2v) is 1.34. The quantitative estimate of drug-likeness (QED) is 0.427. The van der Waals surface area contributed by atoms with E-state index in [9.17, 15) is 0 Å². The van der Waals surface area contributed by atoms with Gasteiger partial charge in [-0.1, -0.05) is 0 Å². The molecule has 0 atom stereocenters. The molecule has 0 radical (unpaired) electrons. The fourth-order valence-electron chi connectivity index (χ4n) is 0.466. The summed E-state index contributed by atoms with van der Waals surface area (Å²) in [5.74, 6) is 0. The lowest BCUT2D eigenvalue weighted by Crippen LogP contribution is -2.17. The average Bonchev–Trinajstić information content (AvgIpc) is 1.72. The number of nitrogens with zero attached hydrogens (tertiary/aromatic N) is 1. The van der Waals surface area contributed by atoms with Crippen LogP contribution in [0.2, 0.25) is 0 Å². The molecule has 0 saturated carbocycles. The Kier molecular flexibility index (Phi) is 3.32. The van der Waals surface area contributed by atoms with Crippen LogP contribution >= 0.6 is 0 Å². The van der Waals surface area contributed by atoms with Crippen molar-refractivity contribution in [2.45, 2.75) is 6.42 Å². The Labute approximate surface area is 42.8 Å². The highest BCUT2D eigenvalue weighted by Crippen LogP contribution is 1.79. The molecule has 3 N–H and O–H groups in total. The molecule has 0 aromatic heterocycles. The van der Waals surface area contributed by atoms with Crippen LogP contribution in [0.25, 0.3) is 0 Å². The van der Waals surface area contributed by atoms with E-state index in [1.807, 2.05) is 0 Å². The summed E-state index contributed by atoms with van der Waals surface area (Å²) in [6.07, 6.45) is 2.96. The van der Waals surface area contributed by atoms with Gasteiger partial charge in [0.15, 0.2) is 0 Å². The Morgan fingerprint density at radius 1 is 1.57 bits per heavy atom. The molecule has 0 fully saturated rings. The van der Waals surface area contributed by atoms with E-state index in [4.69, 9.17) is 0 Å². The molecule has 1 aliphatic rings. The highest BCUT2D eigenvalue weighted by molar-refractivity contribution is 5.54. The number of hydrogen-bond donors (Lipinski definition) is 1. The molecule has 3 heteroatoms. The van der Waals surface area contributed by atoms with Crippen molar-refractivity contribution in [3.8, 4) is 0 Å². The largest absolute Gasteiger partial charge is 0.412 e. The first-order valence-electron chi connectivity index (χ1n) is 2.22. The zero-order valence-corrected chi connectivity index (χ0v) is 4.15. The van der Waals surface area contributed by atoms with E-state index in [-0.39, 0.29) is 5.48 Å². The molecule has 0 unspecified atom stereocenters. The predicted octanol–water partition coefficient (Wildman–Crippen LogP) is -0.817. The second-order valence-electron chi connectivity index (χ2n) is 1.34. The van der Waals surface area contributed by atoms with Gasteiger partial charge < -0.3 is 10.8 Å². The third-order valence-corrected chi connectivity index (χ3v) is 0.791. The van der Waals surface area contributed by atoms with E-state index in [0.717, 1.165) is 13.1 Å². The van der Waals surface area contributed by atoms with E-state index >= 15 is 0 Å². The Morgan fingerprint density at radius 3 is 2.57 bits per heavy atom. The Morgan fingerprint density at radius 2 is 2.43 bits per heavy atom. The smallest absolute Gasteiger partial charge is 0.0823 e. The fraction of sp³-hybridized carbons (Fsp3) is 0.750. The van der Waals surface area contributed by atoms with Crippen LogP contribution in [0.3, 0.4) is 0 Å². The summed E-state index contributed by atoms with van der Waals surface area (Å²) in [5.41, 5.74) is 0. The summed E-state index contributed by atoms with van der Waals surface area (Å²) in [5, 5.41) is 2.99. The molecule has 42 valence electrons. The van der Waals surface area contributed by atoms with Gasteiger partial charge in [0, 0.05) is 13.1 Å². The summed E-state index contributed by atoms with van der Waals surface area (Å²) in [6.45, 7) is 2.11. The molecule has 1 rings (SSSR count). The Balaban J connectivity index is 0.000000360. The Hall–Kier alpha value is -0.570. The first-order chi connectivity index (χ1) is 3.00. The van der Waals surface area contributed by atoms with E-state index in [1.165, 1.54) is 6.42 Å². The van der Waals surface area contributed by atoms with Gasteiger partial charge >= 0.3 is 0 Å². The highest BCUT2D eigenvalue weighted by atomic mass is 16.0. The molecule has 0 aromatic rings. The number of aliphatic imine (C=N–C) groups is 1. The van der Waals surface area contributed by atoms with Crippen LogP contribution in [-0.4, -0.2) is 24.9 Å². The standard InChI is InChI=1S/C4H8N2.H2O/c1-2-5-4-6-3-1;/h4H,1-3H2,(H,5,6);1H2. The molecule has 0 amide bonds. The average molecular weight is 102 g/mol. The summed E-state index contributed by atoms with van der Waals surface area (Å²) in [4.78, 5) is 3.94. The van der Waals surface area contributed by atoms with Crippen LogP contribution in [0.5, 0.6) is 0 Å². The minimum atomic E-state index is 0. The topological polar surface area (TPSA) is 55.9 Å². The molecule has 0 bridgehead atoms. The predicted molar refractivity (Wildman–Crippen MR) is 29.6 cm³/mol. The molecule has 1 aliphatic heterocycles. The van der Waals surface area contributed by atoms with Gasteiger partial charge in [-0.2, -0.15) is 0 Å². The Bertz CT molecular complexity index is 54.7. The van der Waals surface area contributed by atoms with E-state index < -0.39 is 0 Å². The van der Waals surface area contributed by atoms with Crippen molar-refractivity contribution in [1.29, 1.82) is 0 Å². The molecule has 3 nitrogen and oxygen atoms in total. The summed E-state index contributed by atoms with van der Waals surface area (Å²) in [6, 6.07) is 0. The molecule has 0 spiro atoms. The third kappa shape index (κ3) is 2.17. The molecule has 7 heavy (non-hydrogen) atoms. The van der Waals surface area contributed by atoms with Gasteiger partial charge in [0.2, 0.25) is 0 Å². The van der Waals surface area contributed by atoms with Crippen LogP contribution < -0.4 is 5.32 Å². The number of hydrogen-bond acceptors (Lipinski definition) is 2. The summed E-state index contributed by atoms with van der Waals surface area (Å²) >= 11 is 0. The van der Waals surface area contributed by atoms with Crippen LogP contribution in [0, 0.1) is 0 Å². The normalized spacial score (nSPS) is 17.1.